The molecule has 34 heavy (non-hydrogen) atoms. The molecule has 7 N–H and O–H groups in total. The summed E-state index contributed by atoms with van der Waals surface area (Å²) < 4.78 is 11.1. The zero-order chi connectivity index (χ0) is 23.1. The quantitative estimate of drug-likeness (QED) is 0.301. The Balaban J connectivity index is 0.00000217. The maximum Gasteiger partial charge on any atom is 0.277 e. The van der Waals surface area contributed by atoms with Crippen molar-refractivity contribution in [3.63, 3.8) is 0 Å². The number of aromatic hydroxyl groups is 1. The van der Waals surface area contributed by atoms with Crippen molar-refractivity contribution < 1.29 is 50.1 Å². The zero-order valence-electron chi connectivity index (χ0n) is 17.1. The van der Waals surface area contributed by atoms with Gasteiger partial charge in [-0.3, -0.25) is 9.59 Å². The number of fused-ring (bicyclic) bond motifs is 10. The van der Waals surface area contributed by atoms with Gasteiger partial charge in [-0.1, -0.05) is 48.5 Å². The van der Waals surface area contributed by atoms with Crippen LogP contribution in [0.4, 0.5) is 0 Å². The van der Waals surface area contributed by atoms with E-state index in [1.165, 1.54) is 24.3 Å². The van der Waals surface area contributed by atoms with Crippen LogP contribution in [0.15, 0.2) is 54.6 Å². The van der Waals surface area contributed by atoms with Crippen molar-refractivity contribution in [2.75, 3.05) is 0 Å². The van der Waals surface area contributed by atoms with Crippen LogP contribution in [0.25, 0.3) is 0 Å². The van der Waals surface area contributed by atoms with Crippen LogP contribution in [0.2, 0.25) is 0 Å². The number of carbonyl (C=O) groups is 2. The summed E-state index contributed by atoms with van der Waals surface area (Å²) in [6.07, 6.45) is 0. The fraction of sp³-hybridized carbons (Fsp3) is 0.167. The second-order valence-corrected chi connectivity index (χ2v) is 8.64. The zero-order valence-corrected chi connectivity index (χ0v) is 17.1. The molecule has 4 atom stereocenters. The van der Waals surface area contributed by atoms with Crippen LogP contribution in [0.1, 0.15) is 43.0 Å². The number of hydrogen-bond acceptors (Lipinski definition) is 9. The van der Waals surface area contributed by atoms with Crippen molar-refractivity contribution in [2.24, 2.45) is 0 Å². The first-order valence-electron chi connectivity index (χ1n) is 10.1. The number of ether oxygens (including phenoxy) is 2. The summed E-state index contributed by atoms with van der Waals surface area (Å²) in [6.45, 7) is 0. The van der Waals surface area contributed by atoms with Gasteiger partial charge in [-0.25, -0.2) is 0 Å². The van der Waals surface area contributed by atoms with E-state index in [-0.39, 0.29) is 38.9 Å². The number of phenols is 1. The van der Waals surface area contributed by atoms with Crippen molar-refractivity contribution in [1.29, 1.82) is 0 Å². The lowest BCUT2D eigenvalue weighted by Gasteiger charge is -2.30. The topological polar surface area (TPSA) is 185 Å². The van der Waals surface area contributed by atoms with E-state index in [9.17, 15) is 35.1 Å². The molecule has 3 aromatic carbocycles. The summed E-state index contributed by atoms with van der Waals surface area (Å²) >= 11 is 0. The lowest BCUT2D eigenvalue weighted by molar-refractivity contribution is -0.227. The minimum Gasteiger partial charge on any atom is -0.502 e. The highest BCUT2D eigenvalue weighted by molar-refractivity contribution is 6.11. The van der Waals surface area contributed by atoms with Gasteiger partial charge >= 0.3 is 0 Å². The van der Waals surface area contributed by atoms with Crippen LogP contribution in [-0.4, -0.2) is 42.6 Å². The van der Waals surface area contributed by atoms with E-state index < -0.39 is 51.6 Å². The third-order valence-electron chi connectivity index (χ3n) is 7.20. The van der Waals surface area contributed by atoms with E-state index in [1.807, 2.05) is 0 Å². The normalized spacial score (nSPS) is 33.1. The van der Waals surface area contributed by atoms with Gasteiger partial charge in [0.2, 0.25) is 28.5 Å². The number of ketones is 2. The van der Waals surface area contributed by atoms with Gasteiger partial charge in [0.05, 0.1) is 0 Å². The first kappa shape index (κ1) is 20.8. The summed E-state index contributed by atoms with van der Waals surface area (Å²) in [5.74, 6) is -8.61. The molecular formula is C24H16O10. The van der Waals surface area contributed by atoms with E-state index in [1.54, 1.807) is 24.3 Å². The van der Waals surface area contributed by atoms with E-state index >= 15 is 0 Å². The SMILES string of the molecule is O.O=C1c2ccccc2[C@]2(O)Oc3c(cc4c(c3O)O[C@]3(O)c5ccccc5C(=O)[C@]43O)[C@]12O. The molecule has 4 aliphatic rings. The van der Waals surface area contributed by atoms with Crippen LogP contribution in [0.5, 0.6) is 17.2 Å². The first-order chi connectivity index (χ1) is 15.6. The molecule has 2 aliphatic carbocycles. The minimum absolute atomic E-state index is 0. The highest BCUT2D eigenvalue weighted by Crippen LogP contribution is 2.67. The number of benzene rings is 3. The molecule has 0 spiro atoms. The fourth-order valence-corrected chi connectivity index (χ4v) is 5.58. The number of aliphatic hydroxyl groups is 4. The highest BCUT2D eigenvalue weighted by Gasteiger charge is 2.75. The molecule has 0 fully saturated rings. The predicted molar refractivity (Wildman–Crippen MR) is 110 cm³/mol. The molecular weight excluding hydrogens is 448 g/mol. The maximum atomic E-state index is 13.2. The van der Waals surface area contributed by atoms with Gasteiger partial charge in [0.15, 0.2) is 11.5 Å². The molecule has 2 aliphatic heterocycles. The number of carbonyl (C=O) groups excluding carboxylic acids is 2. The number of Topliss-reactive ketones (excluding diaryl/α,β-unsaturated/α-hetero) is 2. The van der Waals surface area contributed by atoms with E-state index in [2.05, 4.69) is 0 Å². The summed E-state index contributed by atoms with van der Waals surface area (Å²) in [5.41, 5.74) is -6.07. The van der Waals surface area contributed by atoms with Crippen molar-refractivity contribution in [2.45, 2.75) is 22.8 Å². The fourth-order valence-electron chi connectivity index (χ4n) is 5.58. The Hall–Kier alpha value is -3.80. The molecule has 10 nitrogen and oxygen atoms in total. The predicted octanol–water partition coefficient (Wildman–Crippen LogP) is -0.189. The lowest BCUT2D eigenvalue weighted by Crippen LogP contribution is -2.49. The summed E-state index contributed by atoms with van der Waals surface area (Å²) in [5, 5.41) is 56.6. The average molecular weight is 464 g/mol. The highest BCUT2D eigenvalue weighted by atomic mass is 16.7. The molecule has 3 aromatic rings. The molecule has 10 heteroatoms. The third-order valence-corrected chi connectivity index (χ3v) is 7.20. The molecule has 172 valence electrons. The van der Waals surface area contributed by atoms with E-state index in [0.29, 0.717) is 0 Å². The van der Waals surface area contributed by atoms with Gasteiger partial charge in [0, 0.05) is 33.4 Å². The molecule has 0 radical (unpaired) electrons. The Kier molecular flexibility index (Phi) is 3.44. The molecule has 0 saturated carbocycles. The first-order valence-corrected chi connectivity index (χ1v) is 10.1. The second-order valence-electron chi connectivity index (χ2n) is 8.64. The van der Waals surface area contributed by atoms with Gasteiger partial charge in [-0.05, 0) is 6.07 Å². The monoisotopic (exact) mass is 464 g/mol. The minimum atomic E-state index is -2.68. The molecule has 2 heterocycles. The number of phenolic OH excluding ortho intramolecular Hbond substituents is 1. The van der Waals surface area contributed by atoms with Crippen molar-refractivity contribution in [3.05, 3.63) is 88.0 Å². The van der Waals surface area contributed by atoms with Gasteiger partial charge < -0.3 is 40.5 Å². The Morgan fingerprint density at radius 3 is 1.41 bits per heavy atom. The maximum absolute atomic E-state index is 13.2. The number of hydrogen-bond donors (Lipinski definition) is 5. The summed E-state index contributed by atoms with van der Waals surface area (Å²) in [4.78, 5) is 26.4. The Morgan fingerprint density at radius 1 is 0.618 bits per heavy atom. The van der Waals surface area contributed by atoms with Crippen molar-refractivity contribution in [3.8, 4) is 17.2 Å². The van der Waals surface area contributed by atoms with E-state index in [4.69, 9.17) is 9.47 Å². The summed E-state index contributed by atoms with van der Waals surface area (Å²) in [6, 6.07) is 12.9. The Morgan fingerprint density at radius 2 is 1.00 bits per heavy atom. The van der Waals surface area contributed by atoms with Crippen molar-refractivity contribution in [1.82, 2.24) is 0 Å². The van der Waals surface area contributed by atoms with Gasteiger partial charge in [-0.2, -0.15) is 0 Å². The second kappa shape index (κ2) is 5.63. The Bertz CT molecular complexity index is 1390. The van der Waals surface area contributed by atoms with Crippen LogP contribution in [0, 0.1) is 0 Å². The van der Waals surface area contributed by atoms with Crippen LogP contribution in [0.3, 0.4) is 0 Å². The van der Waals surface area contributed by atoms with Gasteiger partial charge in [0.1, 0.15) is 0 Å². The van der Waals surface area contributed by atoms with Crippen LogP contribution < -0.4 is 9.47 Å². The van der Waals surface area contributed by atoms with Crippen LogP contribution in [-0.2, 0) is 22.8 Å². The number of rotatable bonds is 0. The molecule has 0 saturated heterocycles. The van der Waals surface area contributed by atoms with Crippen LogP contribution >= 0.6 is 0 Å². The van der Waals surface area contributed by atoms with E-state index in [0.717, 1.165) is 6.07 Å². The smallest absolute Gasteiger partial charge is 0.277 e. The van der Waals surface area contributed by atoms with Gasteiger partial charge in [-0.15, -0.1) is 0 Å². The third kappa shape index (κ3) is 1.72. The largest absolute Gasteiger partial charge is 0.502 e. The Labute approximate surface area is 190 Å². The molecule has 7 rings (SSSR count). The molecule has 0 aromatic heterocycles. The summed E-state index contributed by atoms with van der Waals surface area (Å²) in [7, 11) is 0. The molecule has 0 unspecified atom stereocenters. The van der Waals surface area contributed by atoms with Gasteiger partial charge in [0.25, 0.3) is 11.6 Å². The lowest BCUT2D eigenvalue weighted by atomic mass is 9.81. The molecule has 0 amide bonds. The average Bonchev–Trinajstić information content (AvgIpc) is 3.33. The standard InChI is InChI=1S/C24H14O9.H2O/c25-16-17-14(21(28)19(26)10-5-1-3-7-12(10)23(21,30)32-17)9-15-18(16)33-24(31)13-8-4-2-6-11(13)20(27)22(15,24)29;/h1-9,25,28-31H;1H2/t21-,22+,23-,24+;. The molecule has 0 bridgehead atoms. The van der Waals surface area contributed by atoms with Crippen molar-refractivity contribution >= 4 is 11.6 Å².